The van der Waals surface area contributed by atoms with E-state index in [0.717, 1.165) is 17.7 Å². The lowest BCUT2D eigenvalue weighted by Gasteiger charge is -2.19. The first-order valence-corrected chi connectivity index (χ1v) is 6.98. The first-order valence-electron chi connectivity index (χ1n) is 6.98. The zero-order valence-corrected chi connectivity index (χ0v) is 12.3. The molecule has 1 N–H and O–H groups in total. The molecule has 0 atom stereocenters. The highest BCUT2D eigenvalue weighted by Crippen LogP contribution is 2.26. The minimum atomic E-state index is -0.314. The van der Waals surface area contributed by atoms with Gasteiger partial charge in [-0.25, -0.2) is 8.78 Å². The molecule has 2 rings (SSSR count). The van der Waals surface area contributed by atoms with Crippen molar-refractivity contribution < 1.29 is 18.4 Å². The molecule has 0 heterocycles. The van der Waals surface area contributed by atoms with Crippen molar-refractivity contribution in [2.75, 3.05) is 27.2 Å². The molecule has 4 heteroatoms. The number of rotatable bonds is 6. The van der Waals surface area contributed by atoms with Crippen molar-refractivity contribution in [2.24, 2.45) is 0 Å². The zero-order chi connectivity index (χ0) is 15.2. The summed E-state index contributed by atoms with van der Waals surface area (Å²) in [6.45, 7) is 1.43. The van der Waals surface area contributed by atoms with Crippen LogP contribution in [0.4, 0.5) is 8.78 Å². The highest BCUT2D eigenvalue weighted by molar-refractivity contribution is 5.30. The fourth-order valence-electron chi connectivity index (χ4n) is 2.04. The SMILES string of the molecule is C[NH+](C)CCOC(c1ccc(F)cc1)c1ccc(F)cc1. The fraction of sp³-hybridized carbons (Fsp3) is 0.294. The van der Waals surface area contributed by atoms with Crippen molar-refractivity contribution in [3.05, 3.63) is 71.3 Å². The first kappa shape index (κ1) is 15.6. The van der Waals surface area contributed by atoms with E-state index in [4.69, 9.17) is 4.74 Å². The molecular formula is C17H20F2NO+. The van der Waals surface area contributed by atoms with E-state index >= 15 is 0 Å². The van der Waals surface area contributed by atoms with Gasteiger partial charge in [0.1, 0.15) is 24.3 Å². The number of halogens is 2. The Hall–Kier alpha value is -1.78. The van der Waals surface area contributed by atoms with Gasteiger partial charge < -0.3 is 9.64 Å². The number of ether oxygens (including phenoxy) is 1. The maximum atomic E-state index is 13.1. The maximum absolute atomic E-state index is 13.1. The van der Waals surface area contributed by atoms with Crippen LogP contribution < -0.4 is 4.90 Å². The van der Waals surface area contributed by atoms with Gasteiger partial charge in [0, 0.05) is 0 Å². The van der Waals surface area contributed by atoms with E-state index in [1.165, 1.54) is 29.2 Å². The number of benzene rings is 2. The van der Waals surface area contributed by atoms with Crippen LogP contribution in [0.3, 0.4) is 0 Å². The average molecular weight is 292 g/mol. The van der Waals surface area contributed by atoms with E-state index in [2.05, 4.69) is 0 Å². The highest BCUT2D eigenvalue weighted by atomic mass is 19.1. The Morgan fingerprint density at radius 3 is 1.67 bits per heavy atom. The monoisotopic (exact) mass is 292 g/mol. The number of hydrogen-bond acceptors (Lipinski definition) is 1. The molecule has 0 aromatic heterocycles. The second-order valence-corrected chi connectivity index (χ2v) is 5.31. The molecule has 2 nitrogen and oxygen atoms in total. The van der Waals surface area contributed by atoms with Gasteiger partial charge in [0.05, 0.1) is 20.7 Å². The van der Waals surface area contributed by atoms with E-state index in [1.807, 2.05) is 14.1 Å². The van der Waals surface area contributed by atoms with E-state index < -0.39 is 0 Å². The molecule has 0 bridgehead atoms. The third-order valence-electron chi connectivity index (χ3n) is 3.23. The van der Waals surface area contributed by atoms with Crippen molar-refractivity contribution in [2.45, 2.75) is 6.10 Å². The summed E-state index contributed by atoms with van der Waals surface area (Å²) < 4.78 is 32.1. The summed E-state index contributed by atoms with van der Waals surface area (Å²) in [6.07, 6.45) is -0.314. The zero-order valence-electron chi connectivity index (χ0n) is 12.3. The lowest BCUT2D eigenvalue weighted by molar-refractivity contribution is -0.858. The minimum Gasteiger partial charge on any atom is -0.363 e. The van der Waals surface area contributed by atoms with Crippen LogP contribution in [0.25, 0.3) is 0 Å². The Morgan fingerprint density at radius 1 is 0.857 bits per heavy atom. The smallest absolute Gasteiger partial charge is 0.123 e. The topological polar surface area (TPSA) is 13.7 Å². The molecule has 0 aliphatic carbocycles. The molecular weight excluding hydrogens is 272 g/mol. The van der Waals surface area contributed by atoms with Gasteiger partial charge in [-0.1, -0.05) is 24.3 Å². The number of nitrogens with one attached hydrogen (secondary N) is 1. The summed E-state index contributed by atoms with van der Waals surface area (Å²) in [6, 6.07) is 12.4. The van der Waals surface area contributed by atoms with Gasteiger partial charge in [0.2, 0.25) is 0 Å². The Balaban J connectivity index is 2.21. The van der Waals surface area contributed by atoms with Gasteiger partial charge in [-0.05, 0) is 35.4 Å². The average Bonchev–Trinajstić information content (AvgIpc) is 2.46. The molecule has 0 unspecified atom stereocenters. The number of hydrogen-bond donors (Lipinski definition) is 1. The standard InChI is InChI=1S/C17H19F2NO/c1-20(2)11-12-21-17(13-3-7-15(18)8-4-13)14-5-9-16(19)10-6-14/h3-10,17H,11-12H2,1-2H3/p+1. The largest absolute Gasteiger partial charge is 0.363 e. The molecule has 0 saturated carbocycles. The molecule has 0 saturated heterocycles. The molecule has 0 fully saturated rings. The fourth-order valence-corrected chi connectivity index (χ4v) is 2.04. The van der Waals surface area contributed by atoms with Crippen molar-refractivity contribution in [3.8, 4) is 0 Å². The van der Waals surface area contributed by atoms with Crippen molar-refractivity contribution in [1.82, 2.24) is 0 Å². The highest BCUT2D eigenvalue weighted by Gasteiger charge is 2.15. The van der Waals surface area contributed by atoms with E-state index in [1.54, 1.807) is 24.3 Å². The molecule has 2 aromatic rings. The predicted molar refractivity (Wildman–Crippen MR) is 78.3 cm³/mol. The van der Waals surface area contributed by atoms with Crippen LogP contribution in [0.2, 0.25) is 0 Å². The molecule has 21 heavy (non-hydrogen) atoms. The molecule has 0 aliphatic rings. The summed E-state index contributed by atoms with van der Waals surface area (Å²) >= 11 is 0. The predicted octanol–water partition coefficient (Wildman–Crippen LogP) is 2.22. The molecule has 0 amide bonds. The van der Waals surface area contributed by atoms with Crippen LogP contribution in [0.15, 0.2) is 48.5 Å². The summed E-state index contributed by atoms with van der Waals surface area (Å²) in [4.78, 5) is 1.28. The Bertz CT molecular complexity index is 507. The van der Waals surface area contributed by atoms with Gasteiger partial charge in [-0.15, -0.1) is 0 Å². The van der Waals surface area contributed by atoms with E-state index in [0.29, 0.717) is 6.61 Å². The third-order valence-corrected chi connectivity index (χ3v) is 3.23. The lowest BCUT2D eigenvalue weighted by atomic mass is 10.0. The summed E-state index contributed by atoms with van der Waals surface area (Å²) in [5, 5.41) is 0. The first-order chi connectivity index (χ1) is 10.1. The van der Waals surface area contributed by atoms with Crippen LogP contribution in [0.5, 0.6) is 0 Å². The Kier molecular flexibility index (Phi) is 5.42. The van der Waals surface area contributed by atoms with Gasteiger partial charge in [0.25, 0.3) is 0 Å². The second-order valence-electron chi connectivity index (χ2n) is 5.31. The van der Waals surface area contributed by atoms with Crippen molar-refractivity contribution in [1.29, 1.82) is 0 Å². The summed E-state index contributed by atoms with van der Waals surface area (Å²) in [5.41, 5.74) is 1.72. The Morgan fingerprint density at radius 2 is 1.29 bits per heavy atom. The quantitative estimate of drug-likeness (QED) is 0.862. The van der Waals surface area contributed by atoms with Crippen LogP contribution in [-0.2, 0) is 4.74 Å². The minimum absolute atomic E-state index is 0.283. The van der Waals surface area contributed by atoms with Crippen LogP contribution in [-0.4, -0.2) is 27.2 Å². The maximum Gasteiger partial charge on any atom is 0.123 e. The van der Waals surface area contributed by atoms with E-state index in [9.17, 15) is 8.78 Å². The molecule has 0 spiro atoms. The molecule has 0 aliphatic heterocycles. The van der Waals surface area contributed by atoms with Crippen molar-refractivity contribution in [3.63, 3.8) is 0 Å². The third kappa shape index (κ3) is 4.62. The summed E-state index contributed by atoms with van der Waals surface area (Å²) in [5.74, 6) is -0.566. The van der Waals surface area contributed by atoms with Gasteiger partial charge >= 0.3 is 0 Å². The van der Waals surface area contributed by atoms with Crippen LogP contribution in [0, 0.1) is 11.6 Å². The van der Waals surface area contributed by atoms with Gasteiger partial charge in [0.15, 0.2) is 0 Å². The van der Waals surface area contributed by atoms with Gasteiger partial charge in [-0.2, -0.15) is 0 Å². The Labute approximate surface area is 124 Å². The normalized spacial score (nSPS) is 11.3. The number of likely N-dealkylation sites (N-methyl/N-ethyl adjacent to an activating group) is 1. The molecule has 2 aromatic carbocycles. The lowest BCUT2D eigenvalue weighted by Crippen LogP contribution is -3.06. The van der Waals surface area contributed by atoms with Crippen LogP contribution in [0.1, 0.15) is 17.2 Å². The number of quaternary nitrogens is 1. The van der Waals surface area contributed by atoms with E-state index in [-0.39, 0.29) is 17.7 Å². The molecule has 112 valence electrons. The van der Waals surface area contributed by atoms with Crippen molar-refractivity contribution >= 4 is 0 Å². The molecule has 0 radical (unpaired) electrons. The van der Waals surface area contributed by atoms with Gasteiger partial charge in [-0.3, -0.25) is 0 Å². The summed E-state index contributed by atoms with van der Waals surface area (Å²) in [7, 11) is 4.10. The second kappa shape index (κ2) is 7.29. The van der Waals surface area contributed by atoms with Crippen LogP contribution >= 0.6 is 0 Å².